The average molecular weight is 285 g/mol. The summed E-state index contributed by atoms with van der Waals surface area (Å²) in [6, 6.07) is 17.0. The number of benzene rings is 2. The van der Waals surface area contributed by atoms with Crippen LogP contribution in [0, 0.1) is 0 Å². The molecule has 3 rings (SSSR count). The predicted molar refractivity (Wildman–Crippen MR) is 86.1 cm³/mol. The molecular formula is C17H19NOS. The van der Waals surface area contributed by atoms with Crippen molar-refractivity contribution >= 4 is 17.4 Å². The highest BCUT2D eigenvalue weighted by Crippen LogP contribution is 2.37. The summed E-state index contributed by atoms with van der Waals surface area (Å²) in [7, 11) is 3.86. The summed E-state index contributed by atoms with van der Waals surface area (Å²) in [4.78, 5) is 3.77. The minimum Gasteiger partial charge on any atom is -0.497 e. The first-order valence-electron chi connectivity index (χ1n) is 6.86. The number of hydrogen-bond donors (Lipinski definition) is 0. The van der Waals surface area contributed by atoms with Crippen LogP contribution in [0.25, 0.3) is 0 Å². The highest BCUT2D eigenvalue weighted by Gasteiger charge is 2.22. The Bertz CT molecular complexity index is 557. The Morgan fingerprint density at radius 2 is 1.90 bits per heavy atom. The molecule has 1 aliphatic heterocycles. The summed E-state index contributed by atoms with van der Waals surface area (Å²) in [6.45, 7) is 1.06. The van der Waals surface area contributed by atoms with Gasteiger partial charge in [-0.2, -0.15) is 0 Å². The molecule has 0 aliphatic carbocycles. The third-order valence-corrected chi connectivity index (χ3v) is 5.01. The molecule has 1 unspecified atom stereocenters. The van der Waals surface area contributed by atoms with Gasteiger partial charge in [-0.1, -0.05) is 18.2 Å². The topological polar surface area (TPSA) is 12.5 Å². The van der Waals surface area contributed by atoms with E-state index < -0.39 is 0 Å². The Labute approximate surface area is 124 Å². The van der Waals surface area contributed by atoms with E-state index in [1.807, 2.05) is 23.9 Å². The number of fused-ring (bicyclic) bond motifs is 1. The second-order valence-electron chi connectivity index (χ2n) is 5.13. The van der Waals surface area contributed by atoms with Gasteiger partial charge in [-0.05, 0) is 42.3 Å². The van der Waals surface area contributed by atoms with E-state index in [2.05, 4.69) is 48.3 Å². The number of ether oxygens (including phenoxy) is 1. The summed E-state index contributed by atoms with van der Waals surface area (Å²) >= 11 is 2.00. The molecule has 2 nitrogen and oxygen atoms in total. The zero-order chi connectivity index (χ0) is 13.9. The van der Waals surface area contributed by atoms with Crippen LogP contribution in [0.2, 0.25) is 0 Å². The fraction of sp³-hybridized carbons (Fsp3) is 0.294. The summed E-state index contributed by atoms with van der Waals surface area (Å²) in [5.74, 6) is 0.907. The first-order valence-corrected chi connectivity index (χ1v) is 7.74. The van der Waals surface area contributed by atoms with Gasteiger partial charge in [0.1, 0.15) is 5.75 Å². The number of nitrogens with zero attached hydrogens (tertiary/aromatic N) is 1. The first kappa shape index (κ1) is 13.4. The molecule has 2 aromatic carbocycles. The lowest BCUT2D eigenvalue weighted by molar-refractivity contribution is 0.415. The van der Waals surface area contributed by atoms with Gasteiger partial charge >= 0.3 is 0 Å². The molecule has 0 fully saturated rings. The number of anilines is 1. The molecule has 1 aliphatic rings. The summed E-state index contributed by atoms with van der Waals surface area (Å²) in [5.41, 5.74) is 2.73. The number of thioether (sulfide) groups is 1. The van der Waals surface area contributed by atoms with Gasteiger partial charge in [0.15, 0.2) is 0 Å². The third kappa shape index (κ3) is 2.78. The largest absolute Gasteiger partial charge is 0.497 e. The van der Waals surface area contributed by atoms with Crippen LogP contribution in [0.5, 0.6) is 5.75 Å². The first-order chi connectivity index (χ1) is 9.76. The average Bonchev–Trinajstić information content (AvgIpc) is 2.89. The van der Waals surface area contributed by atoms with Gasteiger partial charge in [0.05, 0.1) is 7.11 Å². The lowest BCUT2D eigenvalue weighted by Crippen LogP contribution is -2.26. The second-order valence-corrected chi connectivity index (χ2v) is 6.47. The number of hydrogen-bond acceptors (Lipinski definition) is 3. The van der Waals surface area contributed by atoms with E-state index >= 15 is 0 Å². The normalized spacial score (nSPS) is 16.8. The Morgan fingerprint density at radius 1 is 1.15 bits per heavy atom. The van der Waals surface area contributed by atoms with Crippen LogP contribution in [0.3, 0.4) is 0 Å². The van der Waals surface area contributed by atoms with Crippen molar-refractivity contribution in [3.8, 4) is 5.75 Å². The van der Waals surface area contributed by atoms with E-state index in [1.54, 1.807) is 7.11 Å². The SMILES string of the molecule is COc1ccc(N(C)CC2Cc3ccccc3S2)cc1. The Kier molecular flexibility index (Phi) is 3.88. The lowest BCUT2D eigenvalue weighted by Gasteiger charge is -2.22. The van der Waals surface area contributed by atoms with Crippen molar-refractivity contribution in [3.63, 3.8) is 0 Å². The van der Waals surface area contributed by atoms with Crippen LogP contribution in [0.4, 0.5) is 5.69 Å². The lowest BCUT2D eigenvalue weighted by atomic mass is 10.1. The zero-order valence-corrected chi connectivity index (χ0v) is 12.7. The van der Waals surface area contributed by atoms with Crippen molar-refractivity contribution in [1.82, 2.24) is 0 Å². The van der Waals surface area contributed by atoms with Gasteiger partial charge in [0, 0.05) is 29.4 Å². The monoisotopic (exact) mass is 285 g/mol. The molecule has 0 amide bonds. The third-order valence-electron chi connectivity index (χ3n) is 3.70. The summed E-state index contributed by atoms with van der Waals surface area (Å²) < 4.78 is 5.20. The molecular weight excluding hydrogens is 266 g/mol. The molecule has 0 spiro atoms. The molecule has 20 heavy (non-hydrogen) atoms. The van der Waals surface area contributed by atoms with Crippen LogP contribution < -0.4 is 9.64 Å². The highest BCUT2D eigenvalue weighted by atomic mass is 32.2. The fourth-order valence-electron chi connectivity index (χ4n) is 2.60. The van der Waals surface area contributed by atoms with Crippen LogP contribution >= 0.6 is 11.8 Å². The van der Waals surface area contributed by atoms with Crippen molar-refractivity contribution in [2.24, 2.45) is 0 Å². The minimum absolute atomic E-state index is 0.638. The van der Waals surface area contributed by atoms with E-state index in [1.165, 1.54) is 22.6 Å². The quantitative estimate of drug-likeness (QED) is 0.846. The summed E-state index contributed by atoms with van der Waals surface area (Å²) in [5, 5.41) is 0.638. The van der Waals surface area contributed by atoms with Crippen molar-refractivity contribution in [3.05, 3.63) is 54.1 Å². The second kappa shape index (κ2) is 5.80. The van der Waals surface area contributed by atoms with Crippen molar-refractivity contribution in [2.45, 2.75) is 16.6 Å². The fourth-order valence-corrected chi connectivity index (χ4v) is 3.98. The Hall–Kier alpha value is -1.61. The predicted octanol–water partition coefficient (Wildman–Crippen LogP) is 3.85. The maximum Gasteiger partial charge on any atom is 0.119 e. The summed E-state index contributed by atoms with van der Waals surface area (Å²) in [6.07, 6.45) is 1.17. The maximum atomic E-state index is 5.20. The van der Waals surface area contributed by atoms with Gasteiger partial charge in [-0.25, -0.2) is 0 Å². The molecule has 0 radical (unpaired) electrons. The van der Waals surface area contributed by atoms with Crippen LogP contribution in [-0.2, 0) is 6.42 Å². The van der Waals surface area contributed by atoms with Gasteiger partial charge in [0.2, 0.25) is 0 Å². The van der Waals surface area contributed by atoms with E-state index in [0.717, 1.165) is 12.3 Å². The molecule has 0 bridgehead atoms. The van der Waals surface area contributed by atoms with E-state index in [4.69, 9.17) is 4.74 Å². The van der Waals surface area contributed by atoms with E-state index in [9.17, 15) is 0 Å². The Balaban J connectivity index is 1.64. The molecule has 0 aromatic heterocycles. The number of methoxy groups -OCH3 is 1. The molecule has 2 aromatic rings. The van der Waals surface area contributed by atoms with Crippen molar-refractivity contribution in [1.29, 1.82) is 0 Å². The van der Waals surface area contributed by atoms with Gasteiger partial charge in [0.25, 0.3) is 0 Å². The molecule has 104 valence electrons. The number of rotatable bonds is 4. The molecule has 3 heteroatoms. The standard InChI is InChI=1S/C17H19NOS/c1-18(14-7-9-15(19-2)10-8-14)12-16-11-13-5-3-4-6-17(13)20-16/h3-10,16H,11-12H2,1-2H3. The van der Waals surface area contributed by atoms with E-state index in [-0.39, 0.29) is 0 Å². The highest BCUT2D eigenvalue weighted by molar-refractivity contribution is 8.00. The zero-order valence-electron chi connectivity index (χ0n) is 11.9. The molecule has 1 atom stereocenters. The van der Waals surface area contributed by atoms with E-state index in [0.29, 0.717) is 5.25 Å². The maximum absolute atomic E-state index is 5.20. The molecule has 0 saturated carbocycles. The molecule has 0 saturated heterocycles. The van der Waals surface area contributed by atoms with Crippen LogP contribution in [0.1, 0.15) is 5.56 Å². The van der Waals surface area contributed by atoms with Gasteiger partial charge in [-0.15, -0.1) is 11.8 Å². The van der Waals surface area contributed by atoms with Crippen molar-refractivity contribution < 1.29 is 4.74 Å². The Morgan fingerprint density at radius 3 is 2.60 bits per heavy atom. The van der Waals surface area contributed by atoms with Crippen LogP contribution in [-0.4, -0.2) is 26.0 Å². The van der Waals surface area contributed by atoms with Crippen molar-refractivity contribution in [2.75, 3.05) is 25.6 Å². The molecule has 0 N–H and O–H groups in total. The smallest absolute Gasteiger partial charge is 0.119 e. The minimum atomic E-state index is 0.638. The molecule has 1 heterocycles. The van der Waals surface area contributed by atoms with Crippen LogP contribution in [0.15, 0.2) is 53.4 Å². The van der Waals surface area contributed by atoms with Gasteiger partial charge in [-0.3, -0.25) is 0 Å². The van der Waals surface area contributed by atoms with Gasteiger partial charge < -0.3 is 9.64 Å².